The van der Waals surface area contributed by atoms with Crippen molar-refractivity contribution < 1.29 is 25.2 Å². The summed E-state index contributed by atoms with van der Waals surface area (Å²) in [5.74, 6) is 0. The maximum atomic E-state index is 5.40. The van der Waals surface area contributed by atoms with E-state index in [-0.39, 0.29) is 21.1 Å². The molecule has 50 valence electrons. The Balaban J connectivity index is 0. The SMILES string of the molecule is C[Si]O[Si](C)(C)C.[Pt+2]. The average molecular weight is 327 g/mol. The smallest absolute Gasteiger partial charge is 0.456 e. The van der Waals surface area contributed by atoms with Gasteiger partial charge in [0.15, 0.2) is 8.32 Å². The van der Waals surface area contributed by atoms with E-state index in [1.807, 2.05) is 0 Å². The van der Waals surface area contributed by atoms with Crippen LogP contribution in [0.15, 0.2) is 0 Å². The topological polar surface area (TPSA) is 9.23 Å². The molecule has 0 atom stereocenters. The van der Waals surface area contributed by atoms with Gasteiger partial charge in [-0.05, 0) is 26.2 Å². The van der Waals surface area contributed by atoms with Crippen LogP contribution < -0.4 is 0 Å². The molecule has 0 fully saturated rings. The third-order valence-electron chi connectivity index (χ3n) is 0.408. The summed E-state index contributed by atoms with van der Waals surface area (Å²) < 4.78 is 5.40. The summed E-state index contributed by atoms with van der Waals surface area (Å²) in [6, 6.07) is 0. The Kier molecular flexibility index (Phi) is 7.27. The maximum Gasteiger partial charge on any atom is 2.00 e. The van der Waals surface area contributed by atoms with Gasteiger partial charge in [0.2, 0.25) is 9.76 Å². The minimum Gasteiger partial charge on any atom is -0.456 e. The summed E-state index contributed by atoms with van der Waals surface area (Å²) in [5.41, 5.74) is 0. The van der Waals surface area contributed by atoms with E-state index in [0.29, 0.717) is 9.76 Å². The van der Waals surface area contributed by atoms with Crippen molar-refractivity contribution in [1.82, 2.24) is 0 Å². The molecule has 0 aromatic carbocycles. The Hall–Kier alpha value is 1.08. The van der Waals surface area contributed by atoms with E-state index in [1.54, 1.807) is 0 Å². The van der Waals surface area contributed by atoms with Gasteiger partial charge in [-0.25, -0.2) is 0 Å². The zero-order chi connectivity index (χ0) is 5.91. The zero-order valence-electron chi connectivity index (χ0n) is 5.72. The normalized spacial score (nSPS) is 10.5. The minimum absolute atomic E-state index is 0. The van der Waals surface area contributed by atoms with Crippen molar-refractivity contribution in [3.63, 3.8) is 0 Å². The second-order valence-electron chi connectivity index (χ2n) is 2.42. The third kappa shape index (κ3) is 10.1. The summed E-state index contributed by atoms with van der Waals surface area (Å²) in [4.78, 5) is 0. The molecule has 8 heavy (non-hydrogen) atoms. The first-order valence-electron chi connectivity index (χ1n) is 2.41. The van der Waals surface area contributed by atoms with Crippen molar-refractivity contribution in [2.75, 3.05) is 0 Å². The van der Waals surface area contributed by atoms with Crippen LogP contribution in [0.3, 0.4) is 0 Å². The molecule has 0 aliphatic carbocycles. The first kappa shape index (κ1) is 11.8. The van der Waals surface area contributed by atoms with E-state index in [0.717, 1.165) is 0 Å². The molecule has 0 bridgehead atoms. The summed E-state index contributed by atoms with van der Waals surface area (Å²) >= 11 is 0. The van der Waals surface area contributed by atoms with E-state index in [4.69, 9.17) is 4.12 Å². The van der Waals surface area contributed by atoms with Gasteiger partial charge >= 0.3 is 21.1 Å². The van der Waals surface area contributed by atoms with Crippen LogP contribution in [0, 0.1) is 0 Å². The van der Waals surface area contributed by atoms with Crippen molar-refractivity contribution in [2.45, 2.75) is 26.2 Å². The Morgan fingerprint density at radius 2 is 1.62 bits per heavy atom. The van der Waals surface area contributed by atoms with Crippen LogP contribution in [-0.2, 0) is 25.2 Å². The molecule has 0 saturated carbocycles. The van der Waals surface area contributed by atoms with Crippen LogP contribution in [0.1, 0.15) is 0 Å². The predicted octanol–water partition coefficient (Wildman–Crippen LogP) is 1.50. The average Bonchev–Trinajstić information content (AvgIpc) is 1.30. The van der Waals surface area contributed by atoms with Crippen LogP contribution in [0.2, 0.25) is 26.2 Å². The predicted molar refractivity (Wildman–Crippen MR) is 36.0 cm³/mol. The van der Waals surface area contributed by atoms with Gasteiger partial charge in [0, 0.05) is 0 Å². The molecule has 0 heterocycles. The van der Waals surface area contributed by atoms with Crippen LogP contribution in [0.5, 0.6) is 0 Å². The summed E-state index contributed by atoms with van der Waals surface area (Å²) in [6.45, 7) is 8.66. The number of hydrogen-bond acceptors (Lipinski definition) is 1. The molecule has 0 N–H and O–H groups in total. The van der Waals surface area contributed by atoms with E-state index < -0.39 is 8.32 Å². The van der Waals surface area contributed by atoms with Gasteiger partial charge in [-0.15, -0.1) is 0 Å². The molecule has 1 nitrogen and oxygen atoms in total. The quantitative estimate of drug-likeness (QED) is 0.699. The molecule has 0 spiro atoms. The van der Waals surface area contributed by atoms with Crippen LogP contribution >= 0.6 is 0 Å². The Morgan fingerprint density at radius 1 is 1.25 bits per heavy atom. The molecule has 0 aromatic rings. The molecule has 0 aromatic heterocycles. The summed E-state index contributed by atoms with van der Waals surface area (Å²) in [7, 11) is -0.474. The number of rotatable bonds is 2. The van der Waals surface area contributed by atoms with Crippen LogP contribution in [0.25, 0.3) is 0 Å². The van der Waals surface area contributed by atoms with Crippen molar-refractivity contribution in [2.24, 2.45) is 0 Å². The van der Waals surface area contributed by atoms with Gasteiger partial charge in [0.25, 0.3) is 0 Å². The molecule has 0 rings (SSSR count). The van der Waals surface area contributed by atoms with Gasteiger partial charge in [-0.1, -0.05) is 0 Å². The largest absolute Gasteiger partial charge is 2.00 e. The Bertz CT molecular complexity index is 52.5. The van der Waals surface area contributed by atoms with E-state index >= 15 is 0 Å². The molecule has 0 aliphatic rings. The fourth-order valence-electron chi connectivity index (χ4n) is 0.306. The van der Waals surface area contributed by atoms with Gasteiger partial charge < -0.3 is 4.12 Å². The fraction of sp³-hybridized carbons (Fsp3) is 1.00. The molecule has 0 aliphatic heterocycles. The second-order valence-corrected chi connectivity index (χ2v) is 7.87. The van der Waals surface area contributed by atoms with Gasteiger partial charge in [0.05, 0.1) is 0 Å². The number of hydrogen-bond donors (Lipinski definition) is 0. The van der Waals surface area contributed by atoms with E-state index in [1.165, 1.54) is 0 Å². The van der Waals surface area contributed by atoms with Crippen molar-refractivity contribution in [3.05, 3.63) is 0 Å². The van der Waals surface area contributed by atoms with Crippen molar-refractivity contribution in [1.29, 1.82) is 0 Å². The monoisotopic (exact) mass is 327 g/mol. The maximum absolute atomic E-state index is 5.40. The molecular formula is C4H12OPtSi2+2. The molecule has 0 saturated heterocycles. The van der Waals surface area contributed by atoms with Crippen LogP contribution in [0.4, 0.5) is 0 Å². The molecule has 0 amide bonds. The van der Waals surface area contributed by atoms with Crippen molar-refractivity contribution in [3.8, 4) is 0 Å². The summed E-state index contributed by atoms with van der Waals surface area (Å²) in [6.07, 6.45) is 0. The Labute approximate surface area is 69.5 Å². The zero-order valence-corrected chi connectivity index (χ0v) is 10.00. The van der Waals surface area contributed by atoms with E-state index in [9.17, 15) is 0 Å². The first-order chi connectivity index (χ1) is 3.06. The first-order valence-corrected chi connectivity index (χ1v) is 7.22. The third-order valence-corrected chi connectivity index (χ3v) is 3.67. The Morgan fingerprint density at radius 3 is 1.62 bits per heavy atom. The van der Waals surface area contributed by atoms with Gasteiger partial charge in [-0.2, -0.15) is 0 Å². The molecule has 4 heteroatoms. The molecule has 2 radical (unpaired) electrons. The molecule has 0 unspecified atom stereocenters. The standard InChI is InChI=1S/C4H12OSi2.Pt/c1-6-5-7(2,3)4;/h1-4H3;/q;+2. The minimum atomic E-state index is -1.14. The van der Waals surface area contributed by atoms with Crippen LogP contribution in [-0.4, -0.2) is 18.1 Å². The fourth-order valence-corrected chi connectivity index (χ4v) is 2.76. The summed E-state index contributed by atoms with van der Waals surface area (Å²) in [5, 5.41) is 0. The van der Waals surface area contributed by atoms with Gasteiger partial charge in [0.1, 0.15) is 0 Å². The van der Waals surface area contributed by atoms with E-state index in [2.05, 4.69) is 26.2 Å². The second kappa shape index (κ2) is 4.91. The molecular weight excluding hydrogens is 315 g/mol. The van der Waals surface area contributed by atoms with Gasteiger partial charge in [-0.3, -0.25) is 0 Å². The van der Waals surface area contributed by atoms with Crippen molar-refractivity contribution >= 4 is 18.1 Å².